The fourth-order valence-corrected chi connectivity index (χ4v) is 2.82. The lowest BCUT2D eigenvalue weighted by atomic mass is 10.1. The lowest BCUT2D eigenvalue weighted by Gasteiger charge is -2.28. The highest BCUT2D eigenvalue weighted by Gasteiger charge is 2.37. The maximum Gasteiger partial charge on any atom is 0.415 e. The molecule has 2 rings (SSSR count). The van der Waals surface area contributed by atoms with Crippen molar-refractivity contribution in [2.24, 2.45) is 4.99 Å². The second-order valence-corrected chi connectivity index (χ2v) is 7.96. The van der Waals surface area contributed by atoms with Gasteiger partial charge in [-0.3, -0.25) is 4.90 Å². The summed E-state index contributed by atoms with van der Waals surface area (Å²) in [6.07, 6.45) is 7.04. The van der Waals surface area contributed by atoms with Gasteiger partial charge in [-0.15, -0.1) is 6.42 Å². The summed E-state index contributed by atoms with van der Waals surface area (Å²) in [5.41, 5.74) is 2.49. The summed E-state index contributed by atoms with van der Waals surface area (Å²) in [6, 6.07) is 6.30. The highest BCUT2D eigenvalue weighted by Crippen LogP contribution is 2.35. The number of aliphatic imine (C=N–C) groups is 1. The van der Waals surface area contributed by atoms with Crippen molar-refractivity contribution in [3.8, 4) is 12.3 Å². The van der Waals surface area contributed by atoms with E-state index in [9.17, 15) is 4.79 Å². The van der Waals surface area contributed by atoms with E-state index in [0.717, 1.165) is 36.2 Å². The second-order valence-electron chi connectivity index (χ2n) is 7.96. The maximum absolute atomic E-state index is 12.7. The molecular weight excluding hydrogens is 352 g/mol. The molecule has 1 aliphatic rings. The van der Waals surface area contributed by atoms with Crippen molar-refractivity contribution in [3.63, 3.8) is 0 Å². The number of amides is 1. The largest absolute Gasteiger partial charge is 0.443 e. The zero-order valence-electron chi connectivity index (χ0n) is 17.6. The Kier molecular flexibility index (Phi) is 7.33. The third-order valence-corrected chi connectivity index (χ3v) is 4.14. The third kappa shape index (κ3) is 6.49. The van der Waals surface area contributed by atoms with Crippen molar-refractivity contribution in [1.29, 1.82) is 0 Å². The summed E-state index contributed by atoms with van der Waals surface area (Å²) in [5, 5.41) is 6.24. The van der Waals surface area contributed by atoms with Crippen LogP contribution in [0.1, 0.15) is 51.7 Å². The second kappa shape index (κ2) is 9.50. The Bertz CT molecular complexity index is 755. The van der Waals surface area contributed by atoms with Gasteiger partial charge in [0.25, 0.3) is 0 Å². The molecule has 1 amide bonds. The number of nitrogens with one attached hydrogen (secondary N) is 2. The topological polar surface area (TPSA) is 66.0 Å². The maximum atomic E-state index is 12.7. The van der Waals surface area contributed by atoms with Crippen LogP contribution in [-0.4, -0.2) is 36.8 Å². The van der Waals surface area contributed by atoms with Crippen LogP contribution in [0.5, 0.6) is 0 Å². The van der Waals surface area contributed by atoms with Gasteiger partial charge in [0.15, 0.2) is 5.96 Å². The normalized spacial score (nSPS) is 14.2. The standard InChI is InChI=1S/C22H32N4O2/c1-7-13-24-20(23-8-2)25-15-17-9-12-19(16(3)14-17)26(18-10-11-18)21(27)28-22(4,5)6/h1,9,12,14,18H,8,10-11,13,15H2,2-6H3,(H2,23,24,25). The molecule has 28 heavy (non-hydrogen) atoms. The Balaban J connectivity index is 2.15. The average molecular weight is 385 g/mol. The van der Waals surface area contributed by atoms with Crippen LogP contribution in [-0.2, 0) is 11.3 Å². The summed E-state index contributed by atoms with van der Waals surface area (Å²) < 4.78 is 5.62. The molecule has 1 aromatic rings. The van der Waals surface area contributed by atoms with Crippen molar-refractivity contribution in [3.05, 3.63) is 29.3 Å². The van der Waals surface area contributed by atoms with Gasteiger partial charge in [0.1, 0.15) is 5.60 Å². The molecule has 0 radical (unpaired) electrons. The van der Waals surface area contributed by atoms with E-state index in [0.29, 0.717) is 19.0 Å². The number of aryl methyl sites for hydroxylation is 1. The minimum Gasteiger partial charge on any atom is -0.443 e. The molecule has 1 aliphatic carbocycles. The van der Waals surface area contributed by atoms with Gasteiger partial charge in [0.2, 0.25) is 0 Å². The van der Waals surface area contributed by atoms with Crippen LogP contribution >= 0.6 is 0 Å². The molecule has 2 N–H and O–H groups in total. The number of hydrogen-bond donors (Lipinski definition) is 2. The number of hydrogen-bond acceptors (Lipinski definition) is 3. The lowest BCUT2D eigenvalue weighted by Crippen LogP contribution is -2.38. The Labute approximate surface area is 168 Å². The molecule has 152 valence electrons. The van der Waals surface area contributed by atoms with Gasteiger partial charge in [0.05, 0.1) is 18.8 Å². The Morgan fingerprint density at radius 1 is 1.36 bits per heavy atom. The first-order chi connectivity index (χ1) is 13.2. The summed E-state index contributed by atoms with van der Waals surface area (Å²) in [6.45, 7) is 11.4. The van der Waals surface area contributed by atoms with Gasteiger partial charge < -0.3 is 15.4 Å². The summed E-state index contributed by atoms with van der Waals surface area (Å²) >= 11 is 0. The SMILES string of the molecule is C#CCNC(=NCc1ccc(N(C(=O)OC(C)(C)C)C2CC2)c(C)c1)NCC. The number of carbonyl (C=O) groups is 1. The van der Waals surface area contributed by atoms with Gasteiger partial charge in [0, 0.05) is 12.6 Å². The average Bonchev–Trinajstić information content (AvgIpc) is 3.42. The summed E-state index contributed by atoms with van der Waals surface area (Å²) in [7, 11) is 0. The van der Waals surface area contributed by atoms with E-state index in [1.54, 1.807) is 4.90 Å². The molecule has 1 saturated carbocycles. The zero-order valence-corrected chi connectivity index (χ0v) is 17.6. The first kappa shape index (κ1) is 21.6. The minimum absolute atomic E-state index is 0.228. The number of carbonyl (C=O) groups excluding carboxylic acids is 1. The first-order valence-corrected chi connectivity index (χ1v) is 9.82. The van der Waals surface area contributed by atoms with Crippen LogP contribution in [0.4, 0.5) is 10.5 Å². The fraction of sp³-hybridized carbons (Fsp3) is 0.545. The van der Waals surface area contributed by atoms with Crippen LogP contribution in [0, 0.1) is 19.3 Å². The van der Waals surface area contributed by atoms with Crippen LogP contribution in [0.2, 0.25) is 0 Å². The van der Waals surface area contributed by atoms with Gasteiger partial charge >= 0.3 is 6.09 Å². The van der Waals surface area contributed by atoms with Crippen molar-refractivity contribution in [2.45, 2.75) is 65.6 Å². The monoisotopic (exact) mass is 384 g/mol. The van der Waals surface area contributed by atoms with Crippen molar-refractivity contribution in [1.82, 2.24) is 10.6 Å². The summed E-state index contributed by atoms with van der Waals surface area (Å²) in [5.74, 6) is 3.24. The Hall–Kier alpha value is -2.68. The molecule has 0 saturated heterocycles. The molecule has 6 nitrogen and oxygen atoms in total. The number of rotatable bonds is 6. The number of benzene rings is 1. The first-order valence-electron chi connectivity index (χ1n) is 9.82. The molecule has 0 aromatic heterocycles. The van der Waals surface area contributed by atoms with E-state index in [1.807, 2.05) is 46.8 Å². The Morgan fingerprint density at radius 3 is 2.61 bits per heavy atom. The van der Waals surface area contributed by atoms with Crippen LogP contribution in [0.25, 0.3) is 0 Å². The molecule has 0 unspecified atom stereocenters. The predicted octanol–water partition coefficient (Wildman–Crippen LogP) is 3.59. The number of anilines is 1. The van der Waals surface area contributed by atoms with Crippen LogP contribution < -0.4 is 15.5 Å². The number of nitrogens with zero attached hydrogens (tertiary/aromatic N) is 2. The molecule has 0 heterocycles. The van der Waals surface area contributed by atoms with Crippen molar-refractivity contribution >= 4 is 17.7 Å². The third-order valence-electron chi connectivity index (χ3n) is 4.14. The van der Waals surface area contributed by atoms with Gasteiger partial charge in [-0.25, -0.2) is 9.79 Å². The molecule has 1 aromatic carbocycles. The van der Waals surface area contributed by atoms with E-state index in [1.165, 1.54) is 0 Å². The van der Waals surface area contributed by atoms with E-state index < -0.39 is 5.60 Å². The lowest BCUT2D eigenvalue weighted by molar-refractivity contribution is 0.0577. The van der Waals surface area contributed by atoms with E-state index in [4.69, 9.17) is 11.2 Å². The molecule has 6 heteroatoms. The van der Waals surface area contributed by atoms with Crippen LogP contribution in [0.15, 0.2) is 23.2 Å². The number of ether oxygens (including phenoxy) is 1. The smallest absolute Gasteiger partial charge is 0.415 e. The molecular formula is C22H32N4O2. The molecule has 0 spiro atoms. The van der Waals surface area contributed by atoms with Crippen molar-refractivity contribution in [2.75, 3.05) is 18.0 Å². The van der Waals surface area contributed by atoms with Crippen molar-refractivity contribution < 1.29 is 9.53 Å². The predicted molar refractivity (Wildman–Crippen MR) is 115 cm³/mol. The summed E-state index contributed by atoms with van der Waals surface area (Å²) in [4.78, 5) is 19.1. The number of terminal acetylenes is 1. The highest BCUT2D eigenvalue weighted by molar-refractivity contribution is 5.90. The quantitative estimate of drug-likeness (QED) is 0.447. The molecule has 1 fully saturated rings. The van der Waals surface area contributed by atoms with Gasteiger partial charge in [-0.05, 0) is 64.7 Å². The Morgan fingerprint density at radius 2 is 2.07 bits per heavy atom. The minimum atomic E-state index is -0.513. The van der Waals surface area contributed by atoms with Gasteiger partial charge in [-0.1, -0.05) is 18.1 Å². The highest BCUT2D eigenvalue weighted by atomic mass is 16.6. The fourth-order valence-electron chi connectivity index (χ4n) is 2.82. The molecule has 0 bridgehead atoms. The van der Waals surface area contributed by atoms with E-state index >= 15 is 0 Å². The van der Waals surface area contributed by atoms with E-state index in [-0.39, 0.29) is 12.1 Å². The van der Waals surface area contributed by atoms with Gasteiger partial charge in [-0.2, -0.15) is 0 Å². The van der Waals surface area contributed by atoms with Crippen LogP contribution in [0.3, 0.4) is 0 Å². The molecule has 0 aliphatic heterocycles. The number of guanidine groups is 1. The van der Waals surface area contributed by atoms with E-state index in [2.05, 4.69) is 27.6 Å². The molecule has 0 atom stereocenters. The zero-order chi connectivity index (χ0) is 20.7.